The predicted octanol–water partition coefficient (Wildman–Crippen LogP) is 3.11. The molecule has 0 aliphatic carbocycles. The van der Waals surface area contributed by atoms with E-state index in [-0.39, 0.29) is 24.7 Å². The summed E-state index contributed by atoms with van der Waals surface area (Å²) in [5.74, 6) is 1.77. The third-order valence-corrected chi connectivity index (χ3v) is 6.83. The molecule has 1 atom stereocenters. The highest BCUT2D eigenvalue weighted by Crippen LogP contribution is 2.36. The summed E-state index contributed by atoms with van der Waals surface area (Å²) in [6.45, 7) is 6.69. The second-order valence-corrected chi connectivity index (χ2v) is 10.2. The highest BCUT2D eigenvalue weighted by molar-refractivity contribution is 6.33. The van der Waals surface area contributed by atoms with Crippen molar-refractivity contribution in [3.63, 3.8) is 0 Å². The lowest BCUT2D eigenvalue weighted by Gasteiger charge is -2.22. The largest absolute Gasteiger partial charge is 0.512 e. The van der Waals surface area contributed by atoms with Gasteiger partial charge in [0, 0.05) is 48.2 Å². The van der Waals surface area contributed by atoms with Crippen molar-refractivity contribution >= 4 is 34.7 Å². The molecule has 1 aliphatic rings. The van der Waals surface area contributed by atoms with Crippen LogP contribution >= 0.6 is 11.6 Å². The molecule has 0 radical (unpaired) electrons. The molecule has 13 heteroatoms. The van der Waals surface area contributed by atoms with Gasteiger partial charge in [0.25, 0.3) is 0 Å². The van der Waals surface area contributed by atoms with E-state index in [1.807, 2.05) is 11.8 Å². The van der Waals surface area contributed by atoms with Gasteiger partial charge in [0.05, 0.1) is 35.1 Å². The summed E-state index contributed by atoms with van der Waals surface area (Å²) in [6.07, 6.45) is 1.06. The molecule has 1 aliphatic heterocycles. The summed E-state index contributed by atoms with van der Waals surface area (Å²) in [5.41, 5.74) is 3.82. The van der Waals surface area contributed by atoms with Crippen molar-refractivity contribution in [2.75, 3.05) is 43.6 Å². The van der Waals surface area contributed by atoms with E-state index in [1.54, 1.807) is 38.4 Å². The highest BCUT2D eigenvalue weighted by atomic mass is 35.5. The van der Waals surface area contributed by atoms with Crippen LogP contribution < -0.4 is 20.3 Å². The topological polar surface area (TPSA) is 173 Å². The summed E-state index contributed by atoms with van der Waals surface area (Å²) < 4.78 is 5.79. The Morgan fingerprint density at radius 2 is 2.00 bits per heavy atom. The summed E-state index contributed by atoms with van der Waals surface area (Å²) >= 11 is 6.63. The van der Waals surface area contributed by atoms with Crippen molar-refractivity contribution in [3.05, 3.63) is 57.7 Å². The molecule has 0 amide bonds. The van der Waals surface area contributed by atoms with Crippen molar-refractivity contribution in [1.29, 1.82) is 5.41 Å². The van der Waals surface area contributed by atoms with Crippen LogP contribution in [0.25, 0.3) is 17.0 Å². The summed E-state index contributed by atoms with van der Waals surface area (Å²) in [6, 6.07) is 5.09. The molecule has 0 saturated carbocycles. The average molecular weight is 583 g/mol. The first kappa shape index (κ1) is 30.1. The van der Waals surface area contributed by atoms with Crippen LogP contribution in [-0.2, 0) is 13.1 Å². The first-order valence-electron chi connectivity index (χ1n) is 13.2. The van der Waals surface area contributed by atoms with Crippen LogP contribution in [0.3, 0.4) is 0 Å². The molecular formula is C28H35ClN8O4. The Morgan fingerprint density at radius 1 is 1.22 bits per heavy atom. The Balaban J connectivity index is 1.78. The molecule has 1 aromatic carbocycles. The van der Waals surface area contributed by atoms with Gasteiger partial charge in [-0.05, 0) is 46.0 Å². The van der Waals surface area contributed by atoms with Crippen molar-refractivity contribution in [3.8, 4) is 17.1 Å². The number of hydrogen-bond donors (Lipinski definition) is 6. The number of halogens is 1. The zero-order chi connectivity index (χ0) is 29.7. The maximum atomic E-state index is 10.5. The highest BCUT2D eigenvalue weighted by Gasteiger charge is 2.28. The van der Waals surface area contributed by atoms with Gasteiger partial charge in [-0.2, -0.15) is 0 Å². The van der Waals surface area contributed by atoms with Gasteiger partial charge in [0.15, 0.2) is 5.82 Å². The molecule has 3 heterocycles. The first-order valence-corrected chi connectivity index (χ1v) is 13.5. The zero-order valence-corrected chi connectivity index (χ0v) is 24.2. The van der Waals surface area contributed by atoms with Crippen LogP contribution in [0.15, 0.2) is 30.2 Å². The van der Waals surface area contributed by atoms with Crippen molar-refractivity contribution in [2.24, 2.45) is 0 Å². The summed E-state index contributed by atoms with van der Waals surface area (Å²) in [4.78, 5) is 20.7. The molecular weight excluding hydrogens is 548 g/mol. The number of nitrogens with one attached hydrogen (secondary N) is 3. The molecule has 0 unspecified atom stereocenters. The number of ether oxygens (including phenoxy) is 1. The van der Waals surface area contributed by atoms with Gasteiger partial charge in [-0.15, -0.1) is 0 Å². The third kappa shape index (κ3) is 6.91. The average Bonchev–Trinajstić information content (AvgIpc) is 3.35. The minimum atomic E-state index is -0.692. The normalized spacial score (nSPS) is 14.0. The Bertz CT molecular complexity index is 1460. The quantitative estimate of drug-likeness (QED) is 0.137. The number of rotatable bonds is 12. The van der Waals surface area contributed by atoms with E-state index >= 15 is 0 Å². The third-order valence-electron chi connectivity index (χ3n) is 6.51. The Morgan fingerprint density at radius 3 is 2.68 bits per heavy atom. The number of aliphatic hydroxyl groups excluding tert-OH is 3. The number of anilines is 2. The molecule has 0 bridgehead atoms. The Labute approximate surface area is 243 Å². The van der Waals surface area contributed by atoms with Crippen LogP contribution in [0, 0.1) is 12.3 Å². The molecule has 12 nitrogen and oxygen atoms in total. The smallest absolute Gasteiger partial charge is 0.223 e. The number of aromatic nitrogens is 4. The molecule has 0 spiro atoms. The number of allylic oxidation sites excluding steroid dienone is 2. The van der Waals surface area contributed by atoms with E-state index < -0.39 is 6.10 Å². The monoisotopic (exact) mass is 582 g/mol. The summed E-state index contributed by atoms with van der Waals surface area (Å²) in [5, 5.41) is 44.3. The van der Waals surface area contributed by atoms with Crippen LogP contribution in [0.5, 0.6) is 5.75 Å². The molecule has 0 saturated heterocycles. The van der Waals surface area contributed by atoms with Gasteiger partial charge in [-0.1, -0.05) is 11.6 Å². The molecule has 0 fully saturated rings. The van der Waals surface area contributed by atoms with E-state index in [1.165, 1.54) is 6.92 Å². The number of hydrogen-bond acceptors (Lipinski definition) is 12. The standard InChI is InChI=1S/C28H35ClN8O4/c1-15-25(24(16(2)30)17(3)39)35-26(21-9-20(5-6-22(21)29)41-14-19(40)11-31-4)36-27(15)37-12-18-10-33-28(32-7-8-38)34-23(18)13-37/h5-6,9-10,19,30-31,38-40H,7-8,11-14H2,1-4H3,(H,32,33,34)/b24-17+,30-16?/t19-/m1/s1. The number of nitrogens with zero attached hydrogens (tertiary/aromatic N) is 5. The van der Waals surface area contributed by atoms with E-state index in [0.29, 0.717) is 76.9 Å². The molecule has 3 aromatic rings. The van der Waals surface area contributed by atoms with Gasteiger partial charge >= 0.3 is 0 Å². The minimum Gasteiger partial charge on any atom is -0.512 e. The van der Waals surface area contributed by atoms with Crippen LogP contribution in [0.2, 0.25) is 5.02 Å². The first-order chi connectivity index (χ1) is 19.6. The number of aliphatic hydroxyl groups is 3. The zero-order valence-electron chi connectivity index (χ0n) is 23.5. The second-order valence-electron chi connectivity index (χ2n) is 9.77. The van der Waals surface area contributed by atoms with Gasteiger partial charge < -0.3 is 41.0 Å². The molecule has 6 N–H and O–H groups in total. The van der Waals surface area contributed by atoms with Gasteiger partial charge in [0.1, 0.15) is 30.0 Å². The summed E-state index contributed by atoms with van der Waals surface area (Å²) in [7, 11) is 1.75. The van der Waals surface area contributed by atoms with Gasteiger partial charge in [-0.25, -0.2) is 19.9 Å². The van der Waals surface area contributed by atoms with Crippen molar-refractivity contribution in [1.82, 2.24) is 25.3 Å². The van der Waals surface area contributed by atoms with Crippen molar-refractivity contribution < 1.29 is 20.1 Å². The Kier molecular flexibility index (Phi) is 9.71. The number of fused-ring (bicyclic) bond motifs is 1. The van der Waals surface area contributed by atoms with Gasteiger partial charge in [0.2, 0.25) is 5.95 Å². The fraction of sp³-hybridized carbons (Fsp3) is 0.393. The molecule has 2 aromatic heterocycles. The van der Waals surface area contributed by atoms with E-state index in [9.17, 15) is 10.2 Å². The SMILES string of the molecule is CNC[C@@H](O)COc1ccc(Cl)c(-c2nc(/C(C(C)=N)=C(\C)O)c(C)c(N3Cc4cnc(NCCO)nc4C3)n2)c1. The molecule has 218 valence electrons. The predicted molar refractivity (Wildman–Crippen MR) is 159 cm³/mol. The van der Waals surface area contributed by atoms with Crippen LogP contribution in [-0.4, -0.2) is 80.4 Å². The van der Waals surface area contributed by atoms with E-state index in [4.69, 9.17) is 36.8 Å². The molecule has 41 heavy (non-hydrogen) atoms. The number of likely N-dealkylation sites (N-methyl/N-ethyl adjacent to an activating group) is 1. The maximum absolute atomic E-state index is 10.5. The minimum absolute atomic E-state index is 0.0316. The van der Waals surface area contributed by atoms with Gasteiger partial charge in [-0.3, -0.25) is 0 Å². The van der Waals surface area contributed by atoms with Crippen LogP contribution in [0.4, 0.5) is 11.8 Å². The lowest BCUT2D eigenvalue weighted by molar-refractivity contribution is 0.108. The van der Waals surface area contributed by atoms with Crippen molar-refractivity contribution in [2.45, 2.75) is 40.0 Å². The number of benzene rings is 1. The van der Waals surface area contributed by atoms with Crippen LogP contribution in [0.1, 0.15) is 36.4 Å². The maximum Gasteiger partial charge on any atom is 0.223 e. The lowest BCUT2D eigenvalue weighted by atomic mass is 10.0. The fourth-order valence-electron chi connectivity index (χ4n) is 4.61. The Hall–Kier alpha value is -3.84. The second kappa shape index (κ2) is 13.2. The fourth-order valence-corrected chi connectivity index (χ4v) is 4.81. The lowest BCUT2D eigenvalue weighted by Crippen LogP contribution is -2.29. The van der Waals surface area contributed by atoms with E-state index in [0.717, 1.165) is 11.3 Å². The van der Waals surface area contributed by atoms with E-state index in [2.05, 4.69) is 20.6 Å². The molecule has 4 rings (SSSR count).